The standard InChI is InChI=1S/C12H10N4O2S.Na.H/c1-6-4-10(19)16-12(13-6)14-11(15-16)7-2-3-8(17)9(18)5-7;;/h2-5,17-18H,1H3,(H,13,14,15);;/q;+1;-1. The number of aromatic amines is 1. The maximum Gasteiger partial charge on any atom is 1.00 e. The monoisotopic (exact) mass is 298 g/mol. The summed E-state index contributed by atoms with van der Waals surface area (Å²) in [5.74, 6) is 0.600. The van der Waals surface area contributed by atoms with Gasteiger partial charge in [0.15, 0.2) is 17.3 Å². The summed E-state index contributed by atoms with van der Waals surface area (Å²) in [7, 11) is 0. The number of aromatic nitrogens is 4. The molecule has 98 valence electrons. The number of rotatable bonds is 1. The molecule has 2 heterocycles. The average molecular weight is 298 g/mol. The molecule has 0 aliphatic carbocycles. The summed E-state index contributed by atoms with van der Waals surface area (Å²) in [5.41, 5.74) is 1.42. The molecule has 3 N–H and O–H groups in total. The zero-order chi connectivity index (χ0) is 13.6. The first-order chi connectivity index (χ1) is 9.04. The molecule has 0 aliphatic heterocycles. The fraction of sp³-hybridized carbons (Fsp3) is 0.0833. The maximum atomic E-state index is 9.50. The Hall–Kier alpha value is -1.41. The van der Waals surface area contributed by atoms with Gasteiger partial charge in [0.1, 0.15) is 4.64 Å². The zero-order valence-corrected chi connectivity index (χ0v) is 13.8. The van der Waals surface area contributed by atoms with Crippen molar-refractivity contribution in [2.45, 2.75) is 6.92 Å². The molecule has 0 bridgehead atoms. The first-order valence-corrected chi connectivity index (χ1v) is 5.94. The molecule has 20 heavy (non-hydrogen) atoms. The normalized spacial score (nSPS) is 10.4. The Labute approximate surface area is 142 Å². The van der Waals surface area contributed by atoms with Crippen LogP contribution in [0.5, 0.6) is 11.5 Å². The van der Waals surface area contributed by atoms with E-state index in [4.69, 9.17) is 12.2 Å². The van der Waals surface area contributed by atoms with Crippen LogP contribution in [0.15, 0.2) is 24.3 Å². The van der Waals surface area contributed by atoms with E-state index >= 15 is 0 Å². The van der Waals surface area contributed by atoms with Gasteiger partial charge in [-0.3, -0.25) is 5.10 Å². The van der Waals surface area contributed by atoms with Crippen LogP contribution in [-0.2, 0) is 0 Å². The maximum absolute atomic E-state index is 9.50. The third kappa shape index (κ3) is 2.57. The van der Waals surface area contributed by atoms with E-state index in [0.29, 0.717) is 21.8 Å². The Balaban J connectivity index is 0.00000110. The van der Waals surface area contributed by atoms with Gasteiger partial charge in [-0.15, -0.1) is 0 Å². The largest absolute Gasteiger partial charge is 1.00 e. The molecule has 0 spiro atoms. The van der Waals surface area contributed by atoms with Gasteiger partial charge in [-0.25, -0.2) is 9.50 Å². The van der Waals surface area contributed by atoms with Crippen LogP contribution in [0.2, 0.25) is 0 Å². The Morgan fingerprint density at radius 3 is 2.65 bits per heavy atom. The van der Waals surface area contributed by atoms with Crippen molar-refractivity contribution >= 4 is 18.0 Å². The molecular weight excluding hydrogens is 287 g/mol. The Morgan fingerprint density at radius 1 is 1.20 bits per heavy atom. The van der Waals surface area contributed by atoms with Gasteiger partial charge in [0.05, 0.1) is 0 Å². The van der Waals surface area contributed by atoms with Crippen LogP contribution in [0.3, 0.4) is 0 Å². The van der Waals surface area contributed by atoms with E-state index < -0.39 is 0 Å². The fourth-order valence-electron chi connectivity index (χ4n) is 1.79. The second-order valence-corrected chi connectivity index (χ2v) is 4.57. The third-order valence-corrected chi connectivity index (χ3v) is 3.01. The van der Waals surface area contributed by atoms with Gasteiger partial charge >= 0.3 is 29.6 Å². The fourth-order valence-corrected chi connectivity index (χ4v) is 2.09. The molecule has 3 aromatic rings. The number of aromatic hydroxyl groups is 2. The number of aryl methyl sites for hydroxylation is 1. The van der Waals surface area contributed by atoms with Crippen LogP contribution in [0.1, 0.15) is 7.12 Å². The van der Waals surface area contributed by atoms with Crippen molar-refractivity contribution in [1.82, 2.24) is 19.6 Å². The average Bonchev–Trinajstić information content (AvgIpc) is 2.76. The summed E-state index contributed by atoms with van der Waals surface area (Å²) in [6, 6.07) is 6.22. The molecule has 0 saturated heterocycles. The number of nitrogens with one attached hydrogen (secondary N) is 1. The molecule has 0 amide bonds. The summed E-state index contributed by atoms with van der Waals surface area (Å²) in [6.45, 7) is 1.84. The Morgan fingerprint density at radius 2 is 1.95 bits per heavy atom. The number of phenols is 2. The van der Waals surface area contributed by atoms with Gasteiger partial charge in [0.25, 0.3) is 5.78 Å². The quantitative estimate of drug-likeness (QED) is 0.314. The summed E-state index contributed by atoms with van der Waals surface area (Å²) in [4.78, 5) is 8.58. The summed E-state index contributed by atoms with van der Waals surface area (Å²) < 4.78 is 2.16. The van der Waals surface area contributed by atoms with Gasteiger partial charge in [0, 0.05) is 11.3 Å². The molecule has 8 heteroatoms. The molecule has 0 saturated carbocycles. The summed E-state index contributed by atoms with van der Waals surface area (Å²) >= 11 is 5.21. The number of benzene rings is 1. The second-order valence-electron chi connectivity index (χ2n) is 4.15. The predicted octanol–water partition coefficient (Wildman–Crippen LogP) is -0.710. The molecule has 0 fully saturated rings. The van der Waals surface area contributed by atoms with E-state index in [9.17, 15) is 10.2 Å². The van der Waals surface area contributed by atoms with Gasteiger partial charge in [-0.2, -0.15) is 4.98 Å². The van der Waals surface area contributed by atoms with Crippen molar-refractivity contribution in [2.75, 3.05) is 0 Å². The molecule has 0 radical (unpaired) electrons. The van der Waals surface area contributed by atoms with Gasteiger partial charge in [0.2, 0.25) is 0 Å². The molecule has 6 nitrogen and oxygen atoms in total. The minimum atomic E-state index is -0.203. The molecule has 0 aliphatic rings. The van der Waals surface area contributed by atoms with Gasteiger partial charge in [-0.1, -0.05) is 12.2 Å². The Kier molecular flexibility index (Phi) is 4.14. The van der Waals surface area contributed by atoms with Crippen molar-refractivity contribution in [3.05, 3.63) is 34.6 Å². The number of phenolic OH excluding ortho intramolecular Hbond substituents is 2. The van der Waals surface area contributed by atoms with Gasteiger partial charge < -0.3 is 11.6 Å². The number of hydrogen-bond donors (Lipinski definition) is 3. The molecule has 0 unspecified atom stereocenters. The topological polar surface area (TPSA) is 86.4 Å². The SMILES string of the molecule is Cc1cc(=S)n2[nH]c(-c3ccc(O)c(O)c3)nc2n1.[H-].[Na+]. The first-order valence-electron chi connectivity index (χ1n) is 5.53. The van der Waals surface area contributed by atoms with Crippen LogP contribution in [0, 0.1) is 11.6 Å². The summed E-state index contributed by atoms with van der Waals surface area (Å²) in [6.07, 6.45) is 0. The van der Waals surface area contributed by atoms with Crippen LogP contribution in [0.25, 0.3) is 17.2 Å². The minimum Gasteiger partial charge on any atom is -1.00 e. The van der Waals surface area contributed by atoms with Crippen LogP contribution in [0.4, 0.5) is 0 Å². The molecule has 0 atom stereocenters. The van der Waals surface area contributed by atoms with E-state index in [1.54, 1.807) is 16.6 Å². The van der Waals surface area contributed by atoms with Crippen molar-refractivity contribution < 1.29 is 41.2 Å². The smallest absolute Gasteiger partial charge is 1.00 e. The van der Waals surface area contributed by atoms with Crippen molar-refractivity contribution in [3.63, 3.8) is 0 Å². The molecule has 2 aromatic heterocycles. The number of H-pyrrole nitrogens is 1. The van der Waals surface area contributed by atoms with Crippen molar-refractivity contribution in [1.29, 1.82) is 0 Å². The van der Waals surface area contributed by atoms with E-state index in [1.165, 1.54) is 12.1 Å². The molecule has 1 aromatic carbocycles. The van der Waals surface area contributed by atoms with Gasteiger partial charge in [-0.05, 0) is 31.2 Å². The molecule has 3 rings (SSSR count). The van der Waals surface area contributed by atoms with Crippen molar-refractivity contribution in [2.24, 2.45) is 0 Å². The van der Waals surface area contributed by atoms with Crippen LogP contribution in [-0.4, -0.2) is 29.8 Å². The number of nitrogens with zero attached hydrogens (tertiary/aromatic N) is 3. The number of hydrogen-bond acceptors (Lipinski definition) is 5. The Bertz CT molecular complexity index is 849. The minimum absolute atomic E-state index is 0. The first kappa shape index (κ1) is 15.0. The van der Waals surface area contributed by atoms with Crippen LogP contribution < -0.4 is 29.6 Å². The van der Waals surface area contributed by atoms with E-state index in [-0.39, 0.29) is 42.5 Å². The van der Waals surface area contributed by atoms with E-state index in [0.717, 1.165) is 5.69 Å². The van der Waals surface area contributed by atoms with Crippen LogP contribution >= 0.6 is 12.2 Å². The van der Waals surface area contributed by atoms with E-state index in [2.05, 4.69) is 15.1 Å². The second kappa shape index (κ2) is 5.53. The molecular formula is C12H11N4NaO2S. The summed E-state index contributed by atoms with van der Waals surface area (Å²) in [5, 5.41) is 21.8. The van der Waals surface area contributed by atoms with E-state index in [1.807, 2.05) is 6.92 Å². The zero-order valence-electron chi connectivity index (χ0n) is 12.0. The third-order valence-electron chi connectivity index (χ3n) is 2.71. The number of fused-ring (bicyclic) bond motifs is 1. The van der Waals surface area contributed by atoms with Crippen molar-refractivity contribution in [3.8, 4) is 22.9 Å². The predicted molar refractivity (Wildman–Crippen MR) is 72.8 cm³/mol.